The van der Waals surface area contributed by atoms with Crippen LogP contribution in [0, 0.1) is 23.7 Å². The number of halogens is 1. The Kier molecular flexibility index (Phi) is 5.07. The summed E-state index contributed by atoms with van der Waals surface area (Å²) >= 11 is 6.76. The molecular weight excluding hydrogens is 402 g/mol. The smallest absolute Gasteiger partial charge is 0.270 e. The van der Waals surface area contributed by atoms with Crippen LogP contribution in [0.5, 0.6) is 0 Å². The number of hydrogen-bond donors (Lipinski definition) is 3. The summed E-state index contributed by atoms with van der Waals surface area (Å²) < 4.78 is 1.75. The van der Waals surface area contributed by atoms with Gasteiger partial charge in [0.25, 0.3) is 5.91 Å². The lowest BCUT2D eigenvalue weighted by atomic mass is 9.51. The van der Waals surface area contributed by atoms with Crippen molar-refractivity contribution in [3.63, 3.8) is 0 Å². The number of nitrogens with two attached hydrogens (primary N) is 1. The first-order valence-electron chi connectivity index (χ1n) is 11.5. The van der Waals surface area contributed by atoms with Gasteiger partial charge in [-0.2, -0.15) is 5.10 Å². The lowest BCUT2D eigenvalue weighted by Crippen LogP contribution is -2.64. The van der Waals surface area contributed by atoms with Crippen LogP contribution in [0.25, 0.3) is 0 Å². The van der Waals surface area contributed by atoms with Gasteiger partial charge in [-0.05, 0) is 88.6 Å². The van der Waals surface area contributed by atoms with E-state index < -0.39 is 11.5 Å². The van der Waals surface area contributed by atoms with E-state index >= 15 is 0 Å². The highest BCUT2D eigenvalue weighted by atomic mass is 35.5. The van der Waals surface area contributed by atoms with E-state index in [-0.39, 0.29) is 11.7 Å². The largest absolute Gasteiger partial charge is 0.390 e. The number of nitrogens with zero attached hydrogens (tertiary/aromatic N) is 3. The molecule has 4 saturated carbocycles. The highest BCUT2D eigenvalue weighted by Gasteiger charge is 2.57. The lowest BCUT2D eigenvalue weighted by molar-refractivity contribution is -0.135. The second-order valence-corrected chi connectivity index (χ2v) is 10.8. The third kappa shape index (κ3) is 3.24. The predicted octanol–water partition coefficient (Wildman–Crippen LogP) is 2.31. The van der Waals surface area contributed by atoms with Gasteiger partial charge in [-0.25, -0.2) is 0 Å². The predicted molar refractivity (Wildman–Crippen MR) is 117 cm³/mol. The number of rotatable bonds is 5. The molecule has 1 aliphatic heterocycles. The van der Waals surface area contributed by atoms with Crippen LogP contribution < -0.4 is 16.0 Å². The molecule has 3 unspecified atom stereocenters. The molecule has 4 N–H and O–H groups in total. The molecule has 30 heavy (non-hydrogen) atoms. The average Bonchev–Trinajstić information content (AvgIpc) is 2.98. The number of carbonyl (C=O) groups is 1. The second kappa shape index (κ2) is 7.38. The van der Waals surface area contributed by atoms with E-state index in [1.54, 1.807) is 4.68 Å². The Balaban J connectivity index is 1.57. The van der Waals surface area contributed by atoms with Gasteiger partial charge < -0.3 is 21.1 Å². The number of carbonyl (C=O) groups excluding carboxylic acids is 1. The van der Waals surface area contributed by atoms with E-state index in [2.05, 4.69) is 22.2 Å². The molecule has 4 aliphatic carbocycles. The molecule has 1 saturated heterocycles. The molecule has 7 nitrogen and oxygen atoms in total. The van der Waals surface area contributed by atoms with Crippen molar-refractivity contribution in [1.29, 1.82) is 0 Å². The zero-order valence-electron chi connectivity index (χ0n) is 18.0. The van der Waals surface area contributed by atoms with Crippen molar-refractivity contribution >= 4 is 23.3 Å². The number of aliphatic hydroxyl groups is 1. The summed E-state index contributed by atoms with van der Waals surface area (Å²) in [5.74, 6) is 2.33. The van der Waals surface area contributed by atoms with Crippen molar-refractivity contribution in [2.24, 2.45) is 36.5 Å². The number of amides is 1. The molecule has 0 aromatic carbocycles. The van der Waals surface area contributed by atoms with Crippen molar-refractivity contribution in [2.45, 2.75) is 69.6 Å². The van der Waals surface area contributed by atoms with Crippen LogP contribution in [0.15, 0.2) is 0 Å². The van der Waals surface area contributed by atoms with Gasteiger partial charge in [-0.3, -0.25) is 9.48 Å². The number of primary amides is 1. The van der Waals surface area contributed by atoms with Gasteiger partial charge in [0, 0.05) is 19.1 Å². The van der Waals surface area contributed by atoms with Gasteiger partial charge in [-0.1, -0.05) is 11.6 Å². The number of nitrogens with one attached hydrogen (secondary N) is 1. The Morgan fingerprint density at radius 1 is 1.30 bits per heavy atom. The van der Waals surface area contributed by atoms with Crippen LogP contribution in [0.4, 0.5) is 5.82 Å². The van der Waals surface area contributed by atoms with Gasteiger partial charge in [-0.15, -0.1) is 0 Å². The van der Waals surface area contributed by atoms with E-state index in [4.69, 9.17) is 17.3 Å². The number of hydrogen-bond acceptors (Lipinski definition) is 5. The SMILES string of the molecule is CC(C1CCNCC1)N(c1c(Cl)c(C(N)=O)nn1C)C1C2CC3CC1CC(O)(C3)C2. The minimum absolute atomic E-state index is 0.152. The minimum Gasteiger partial charge on any atom is -0.390 e. The zero-order chi connectivity index (χ0) is 21.2. The Hall–Kier alpha value is -1.31. The fourth-order valence-corrected chi connectivity index (χ4v) is 7.85. The summed E-state index contributed by atoms with van der Waals surface area (Å²) in [5.41, 5.74) is 5.24. The fourth-order valence-electron chi connectivity index (χ4n) is 7.50. The lowest BCUT2D eigenvalue weighted by Gasteiger charge is -2.61. The third-order valence-corrected chi connectivity index (χ3v) is 8.80. The Labute approximate surface area is 183 Å². The standard InChI is InChI=1S/C22H34ClN5O2/c1-12(14-3-5-25-6-4-14)28(21-17(23)18(20(24)29)26-27(21)2)19-15-7-13-8-16(19)11-22(30,9-13)10-15/h12-16,19,25,30H,3-11H2,1-2H3,(H2,24,29). The molecule has 5 aliphatic rings. The summed E-state index contributed by atoms with van der Waals surface area (Å²) in [6.07, 6.45) is 7.33. The second-order valence-electron chi connectivity index (χ2n) is 10.4. The molecule has 1 aromatic heterocycles. The summed E-state index contributed by atoms with van der Waals surface area (Å²) in [4.78, 5) is 14.4. The molecule has 2 heterocycles. The van der Waals surface area contributed by atoms with Crippen molar-refractivity contribution in [1.82, 2.24) is 15.1 Å². The molecule has 6 rings (SSSR count). The van der Waals surface area contributed by atoms with Crippen LogP contribution in [0.1, 0.15) is 62.4 Å². The molecule has 0 spiro atoms. The van der Waals surface area contributed by atoms with Crippen LogP contribution in [-0.4, -0.2) is 51.6 Å². The van der Waals surface area contributed by atoms with Crippen LogP contribution in [0.3, 0.4) is 0 Å². The number of piperidine rings is 1. The quantitative estimate of drug-likeness (QED) is 0.659. The van der Waals surface area contributed by atoms with Crippen molar-refractivity contribution in [2.75, 3.05) is 18.0 Å². The molecule has 1 amide bonds. The van der Waals surface area contributed by atoms with Crippen molar-refractivity contribution in [3.05, 3.63) is 10.7 Å². The Bertz CT molecular complexity index is 820. The fraction of sp³-hybridized carbons (Fsp3) is 0.818. The summed E-state index contributed by atoms with van der Waals surface area (Å²) in [6, 6.07) is 0.596. The molecule has 1 aromatic rings. The average molecular weight is 436 g/mol. The maximum absolute atomic E-state index is 11.9. The Morgan fingerprint density at radius 2 is 1.93 bits per heavy atom. The first kappa shape index (κ1) is 20.6. The first-order chi connectivity index (χ1) is 14.3. The molecule has 3 atom stereocenters. The van der Waals surface area contributed by atoms with E-state index in [0.717, 1.165) is 51.0 Å². The van der Waals surface area contributed by atoms with Crippen molar-refractivity contribution in [3.8, 4) is 0 Å². The van der Waals surface area contributed by atoms with Gasteiger partial charge in [0.05, 0.1) is 5.60 Å². The van der Waals surface area contributed by atoms with Crippen LogP contribution in [0.2, 0.25) is 5.02 Å². The maximum atomic E-state index is 11.9. The molecule has 0 radical (unpaired) electrons. The zero-order valence-corrected chi connectivity index (χ0v) is 18.7. The first-order valence-corrected chi connectivity index (χ1v) is 11.9. The van der Waals surface area contributed by atoms with Gasteiger partial charge in [0.1, 0.15) is 10.8 Å². The van der Waals surface area contributed by atoms with Gasteiger partial charge in [0.15, 0.2) is 5.69 Å². The monoisotopic (exact) mass is 435 g/mol. The van der Waals surface area contributed by atoms with E-state index in [0.29, 0.717) is 34.7 Å². The minimum atomic E-state index is -0.587. The third-order valence-electron chi connectivity index (χ3n) is 8.46. The Morgan fingerprint density at radius 3 is 2.47 bits per heavy atom. The highest BCUT2D eigenvalue weighted by Crippen LogP contribution is 2.58. The van der Waals surface area contributed by atoms with Crippen LogP contribution in [-0.2, 0) is 7.05 Å². The number of aromatic nitrogens is 2. The molecule has 4 bridgehead atoms. The van der Waals surface area contributed by atoms with Crippen LogP contribution >= 0.6 is 11.6 Å². The molecule has 8 heteroatoms. The normalized spacial score (nSPS) is 36.8. The summed E-state index contributed by atoms with van der Waals surface area (Å²) in [5, 5.41) is 19.3. The number of anilines is 1. The van der Waals surface area contributed by atoms with Gasteiger partial charge in [0.2, 0.25) is 0 Å². The van der Waals surface area contributed by atoms with E-state index in [1.165, 1.54) is 12.8 Å². The van der Waals surface area contributed by atoms with Gasteiger partial charge >= 0.3 is 0 Å². The van der Waals surface area contributed by atoms with Crippen molar-refractivity contribution < 1.29 is 9.90 Å². The highest BCUT2D eigenvalue weighted by molar-refractivity contribution is 6.36. The summed E-state index contributed by atoms with van der Waals surface area (Å²) in [7, 11) is 1.86. The summed E-state index contributed by atoms with van der Waals surface area (Å²) in [6.45, 7) is 4.38. The van der Waals surface area contributed by atoms with E-state index in [1.807, 2.05) is 7.05 Å². The molecule has 5 fully saturated rings. The topological polar surface area (TPSA) is 96.4 Å². The molecule has 166 valence electrons. The number of aryl methyl sites for hydroxylation is 1. The maximum Gasteiger partial charge on any atom is 0.270 e. The van der Waals surface area contributed by atoms with E-state index in [9.17, 15) is 9.90 Å². The molecular formula is C22H34ClN5O2.